The number of hydrogen-bond donors (Lipinski definition) is 2. The first-order valence-corrected chi connectivity index (χ1v) is 9.89. The first kappa shape index (κ1) is 18.5. The van der Waals surface area contributed by atoms with Crippen LogP contribution < -0.4 is 10.6 Å². The zero-order valence-electron chi connectivity index (χ0n) is 15.5. The quantitative estimate of drug-likeness (QED) is 0.672. The van der Waals surface area contributed by atoms with Crippen molar-refractivity contribution < 1.29 is 4.79 Å². The van der Waals surface area contributed by atoms with Crippen LogP contribution in [0.4, 0.5) is 11.4 Å². The molecule has 28 heavy (non-hydrogen) atoms. The molecule has 0 fully saturated rings. The fourth-order valence-corrected chi connectivity index (χ4v) is 3.62. The lowest BCUT2D eigenvalue weighted by molar-refractivity contribution is -0.114. The van der Waals surface area contributed by atoms with Crippen LogP contribution in [0.1, 0.15) is 25.1 Å². The molecule has 1 aliphatic rings. The van der Waals surface area contributed by atoms with E-state index in [1.165, 1.54) is 6.42 Å². The minimum atomic E-state index is -0.142. The van der Waals surface area contributed by atoms with Crippen LogP contribution in [0.2, 0.25) is 5.02 Å². The van der Waals surface area contributed by atoms with Gasteiger partial charge in [0.15, 0.2) is 5.82 Å². The van der Waals surface area contributed by atoms with E-state index in [2.05, 4.69) is 25.4 Å². The van der Waals surface area contributed by atoms with Gasteiger partial charge in [-0.15, -0.1) is 10.2 Å². The van der Waals surface area contributed by atoms with Gasteiger partial charge in [-0.2, -0.15) is 0 Å². The predicted molar refractivity (Wildman–Crippen MR) is 112 cm³/mol. The number of fused-ring (bicyclic) bond motifs is 1. The number of aromatic nitrogens is 3. The van der Waals surface area contributed by atoms with Crippen molar-refractivity contribution in [2.75, 3.05) is 17.2 Å². The molecule has 2 N–H and O–H groups in total. The lowest BCUT2D eigenvalue weighted by Gasteiger charge is -2.11. The maximum absolute atomic E-state index is 12.3. The normalized spacial score (nSPS) is 13.5. The van der Waals surface area contributed by atoms with Gasteiger partial charge in [-0.1, -0.05) is 42.3 Å². The van der Waals surface area contributed by atoms with Crippen LogP contribution in [0.3, 0.4) is 0 Å². The highest BCUT2D eigenvalue weighted by Crippen LogP contribution is 2.25. The van der Waals surface area contributed by atoms with Crippen LogP contribution in [-0.2, 0) is 17.8 Å². The summed E-state index contributed by atoms with van der Waals surface area (Å²) in [6, 6.07) is 15.1. The maximum atomic E-state index is 12.3. The summed E-state index contributed by atoms with van der Waals surface area (Å²) in [6.07, 6.45) is 4.49. The van der Waals surface area contributed by atoms with E-state index in [-0.39, 0.29) is 12.5 Å². The Morgan fingerprint density at radius 1 is 1.07 bits per heavy atom. The number of nitrogens with zero attached hydrogens (tertiary/aromatic N) is 3. The first-order chi connectivity index (χ1) is 13.7. The van der Waals surface area contributed by atoms with Gasteiger partial charge in [-0.25, -0.2) is 0 Å². The van der Waals surface area contributed by atoms with Crippen molar-refractivity contribution in [1.29, 1.82) is 0 Å². The van der Waals surface area contributed by atoms with Gasteiger partial charge >= 0.3 is 0 Å². The molecule has 0 aliphatic carbocycles. The Morgan fingerprint density at radius 3 is 2.86 bits per heavy atom. The summed E-state index contributed by atoms with van der Waals surface area (Å²) in [7, 11) is 0. The zero-order valence-corrected chi connectivity index (χ0v) is 16.2. The van der Waals surface area contributed by atoms with Gasteiger partial charge in [0.05, 0.1) is 17.3 Å². The molecular formula is C21H22ClN5O. The Balaban J connectivity index is 1.45. The molecule has 0 saturated heterocycles. The van der Waals surface area contributed by atoms with Crippen LogP contribution in [0.5, 0.6) is 0 Å². The number of anilines is 2. The molecule has 2 aromatic carbocycles. The molecule has 0 radical (unpaired) electrons. The van der Waals surface area contributed by atoms with E-state index in [1.54, 1.807) is 6.07 Å². The van der Waals surface area contributed by atoms with E-state index in [4.69, 9.17) is 11.6 Å². The number of carbonyl (C=O) groups is 1. The molecule has 0 unspecified atom stereocenters. The Hall–Kier alpha value is -2.86. The molecule has 2 heterocycles. The third-order valence-electron chi connectivity index (χ3n) is 4.83. The average Bonchev–Trinajstić information content (AvgIpc) is 2.96. The number of nitrogens with one attached hydrogen (secondary N) is 2. The number of hydrogen-bond acceptors (Lipinski definition) is 4. The van der Waals surface area contributed by atoms with Gasteiger partial charge in [0.2, 0.25) is 5.91 Å². The number of aryl methyl sites for hydroxylation is 1. The van der Waals surface area contributed by atoms with Crippen LogP contribution in [0.15, 0.2) is 48.5 Å². The van der Waals surface area contributed by atoms with Gasteiger partial charge in [-0.3, -0.25) is 4.79 Å². The summed E-state index contributed by atoms with van der Waals surface area (Å²) < 4.78 is 2.20. The summed E-state index contributed by atoms with van der Waals surface area (Å²) in [5.41, 5.74) is 2.42. The fourth-order valence-electron chi connectivity index (χ4n) is 3.42. The lowest BCUT2D eigenvalue weighted by Crippen LogP contribution is -2.21. The van der Waals surface area contributed by atoms with Gasteiger partial charge < -0.3 is 15.2 Å². The van der Waals surface area contributed by atoms with Gasteiger partial charge in [0, 0.05) is 24.2 Å². The fraction of sp³-hybridized carbons (Fsp3) is 0.286. The number of rotatable bonds is 5. The molecule has 1 aromatic heterocycles. The van der Waals surface area contributed by atoms with E-state index in [9.17, 15) is 4.79 Å². The highest BCUT2D eigenvalue weighted by atomic mass is 35.5. The lowest BCUT2D eigenvalue weighted by atomic mass is 10.2. The standard InChI is InChI=1S/C21H22ClN5O/c22-17-9-3-4-10-18(17)23-14-20(28)24-16-8-6-7-15(13-16)21-26-25-19-11-2-1-5-12-27(19)21/h3-4,6-10,13,23H,1-2,5,11-12,14H2,(H,24,28). The van der Waals surface area contributed by atoms with Crippen molar-refractivity contribution in [3.63, 3.8) is 0 Å². The second kappa shape index (κ2) is 8.44. The third kappa shape index (κ3) is 4.17. The largest absolute Gasteiger partial charge is 0.375 e. The average molecular weight is 396 g/mol. The van der Waals surface area contributed by atoms with Crippen molar-refractivity contribution in [3.05, 3.63) is 59.4 Å². The molecule has 7 heteroatoms. The Bertz CT molecular complexity index is 984. The molecule has 6 nitrogen and oxygen atoms in total. The summed E-state index contributed by atoms with van der Waals surface area (Å²) in [5.74, 6) is 1.77. The monoisotopic (exact) mass is 395 g/mol. The molecule has 1 amide bonds. The molecule has 0 bridgehead atoms. The number of amides is 1. The Kier molecular flexibility index (Phi) is 5.58. The first-order valence-electron chi connectivity index (χ1n) is 9.51. The number of benzene rings is 2. The second-order valence-electron chi connectivity index (χ2n) is 6.86. The van der Waals surface area contributed by atoms with Gasteiger partial charge in [0.1, 0.15) is 5.82 Å². The Morgan fingerprint density at radius 2 is 1.96 bits per heavy atom. The highest BCUT2D eigenvalue weighted by Gasteiger charge is 2.16. The molecule has 0 saturated carbocycles. The smallest absolute Gasteiger partial charge is 0.243 e. The van der Waals surface area contributed by atoms with Crippen molar-refractivity contribution in [2.24, 2.45) is 0 Å². The van der Waals surface area contributed by atoms with E-state index in [1.807, 2.05) is 42.5 Å². The van der Waals surface area contributed by atoms with E-state index < -0.39 is 0 Å². The number of para-hydroxylation sites is 1. The summed E-state index contributed by atoms with van der Waals surface area (Å²) in [6.45, 7) is 1.07. The molecule has 4 rings (SSSR count). The summed E-state index contributed by atoms with van der Waals surface area (Å²) in [5, 5.41) is 15.3. The molecule has 1 aliphatic heterocycles. The van der Waals surface area contributed by atoms with Crippen LogP contribution in [0.25, 0.3) is 11.4 Å². The van der Waals surface area contributed by atoms with Crippen LogP contribution in [0, 0.1) is 0 Å². The minimum absolute atomic E-state index is 0.133. The van der Waals surface area contributed by atoms with E-state index in [0.29, 0.717) is 5.02 Å². The highest BCUT2D eigenvalue weighted by molar-refractivity contribution is 6.33. The molecule has 0 atom stereocenters. The summed E-state index contributed by atoms with van der Waals surface area (Å²) in [4.78, 5) is 12.3. The summed E-state index contributed by atoms with van der Waals surface area (Å²) >= 11 is 6.11. The van der Waals surface area contributed by atoms with Crippen molar-refractivity contribution in [2.45, 2.75) is 32.2 Å². The SMILES string of the molecule is O=C(CNc1ccccc1Cl)Nc1cccc(-c2nnc3n2CCCCC3)c1. The van der Waals surface area contributed by atoms with Crippen molar-refractivity contribution in [3.8, 4) is 11.4 Å². The van der Waals surface area contributed by atoms with E-state index in [0.717, 1.165) is 54.4 Å². The van der Waals surface area contributed by atoms with Crippen LogP contribution >= 0.6 is 11.6 Å². The van der Waals surface area contributed by atoms with Crippen LogP contribution in [-0.4, -0.2) is 27.2 Å². The third-order valence-corrected chi connectivity index (χ3v) is 5.16. The topological polar surface area (TPSA) is 71.8 Å². The molecule has 3 aromatic rings. The Labute approximate surface area is 168 Å². The molecular weight excluding hydrogens is 374 g/mol. The van der Waals surface area contributed by atoms with E-state index >= 15 is 0 Å². The predicted octanol–water partition coefficient (Wildman–Crippen LogP) is 4.38. The molecule has 0 spiro atoms. The van der Waals surface area contributed by atoms with Crippen molar-refractivity contribution in [1.82, 2.24) is 14.8 Å². The zero-order chi connectivity index (χ0) is 19.3. The second-order valence-corrected chi connectivity index (χ2v) is 7.27. The maximum Gasteiger partial charge on any atom is 0.243 e. The van der Waals surface area contributed by atoms with Crippen molar-refractivity contribution >= 4 is 28.9 Å². The minimum Gasteiger partial charge on any atom is -0.375 e. The number of carbonyl (C=O) groups excluding carboxylic acids is 1. The van der Waals surface area contributed by atoms with Gasteiger partial charge in [-0.05, 0) is 37.1 Å². The van der Waals surface area contributed by atoms with Gasteiger partial charge in [0.25, 0.3) is 0 Å². The number of halogens is 1. The molecule has 144 valence electrons.